The van der Waals surface area contributed by atoms with Gasteiger partial charge < -0.3 is 5.43 Å². The van der Waals surface area contributed by atoms with Crippen LogP contribution in [-0.4, -0.2) is 4.98 Å². The Morgan fingerprint density at radius 1 is 1.69 bits per heavy atom. The maximum atomic E-state index is 8.65. The van der Waals surface area contributed by atoms with E-state index in [1.807, 2.05) is 12.1 Å². The Bertz CT molecular complexity index is 327. The summed E-state index contributed by atoms with van der Waals surface area (Å²) >= 11 is 0. The predicted molar refractivity (Wildman–Crippen MR) is 50.8 cm³/mol. The first-order valence-electron chi connectivity index (χ1n) is 4.17. The van der Waals surface area contributed by atoms with Crippen molar-refractivity contribution in [3.8, 4) is 6.07 Å². The third-order valence-corrected chi connectivity index (χ3v) is 1.75. The third kappa shape index (κ3) is 2.17. The smallest absolute Gasteiger partial charge is 0.143 e. The SMILES string of the molecule is CCCc1cc(C#N)cnc1NN. The van der Waals surface area contributed by atoms with Crippen molar-refractivity contribution in [1.82, 2.24) is 4.98 Å². The van der Waals surface area contributed by atoms with Crippen LogP contribution in [0.25, 0.3) is 0 Å². The average molecular weight is 176 g/mol. The zero-order valence-corrected chi connectivity index (χ0v) is 7.54. The molecule has 0 fully saturated rings. The van der Waals surface area contributed by atoms with E-state index in [9.17, 15) is 0 Å². The Morgan fingerprint density at radius 3 is 3.00 bits per heavy atom. The lowest BCUT2D eigenvalue weighted by Gasteiger charge is -2.06. The van der Waals surface area contributed by atoms with Crippen molar-refractivity contribution in [1.29, 1.82) is 5.26 Å². The first-order valence-corrected chi connectivity index (χ1v) is 4.17. The fraction of sp³-hybridized carbons (Fsp3) is 0.333. The van der Waals surface area contributed by atoms with E-state index in [1.165, 1.54) is 6.20 Å². The van der Waals surface area contributed by atoms with Gasteiger partial charge in [0.15, 0.2) is 0 Å². The van der Waals surface area contributed by atoms with Gasteiger partial charge in [-0.1, -0.05) is 13.3 Å². The molecule has 3 N–H and O–H groups in total. The van der Waals surface area contributed by atoms with Gasteiger partial charge in [-0.2, -0.15) is 5.26 Å². The number of aryl methyl sites for hydroxylation is 1. The minimum absolute atomic E-state index is 0.572. The van der Waals surface area contributed by atoms with Gasteiger partial charge in [-0.3, -0.25) is 0 Å². The molecule has 1 rings (SSSR count). The molecule has 68 valence electrons. The molecule has 0 unspecified atom stereocenters. The summed E-state index contributed by atoms with van der Waals surface area (Å²) in [5.41, 5.74) is 4.07. The van der Waals surface area contributed by atoms with Crippen LogP contribution in [0.2, 0.25) is 0 Å². The number of aromatic nitrogens is 1. The van der Waals surface area contributed by atoms with Crippen LogP contribution >= 0.6 is 0 Å². The number of pyridine rings is 1. The summed E-state index contributed by atoms with van der Waals surface area (Å²) in [5.74, 6) is 5.93. The number of nitrogens with zero attached hydrogens (tertiary/aromatic N) is 2. The lowest BCUT2D eigenvalue weighted by atomic mass is 10.1. The van der Waals surface area contributed by atoms with Gasteiger partial charge in [-0.25, -0.2) is 10.8 Å². The minimum atomic E-state index is 0.572. The van der Waals surface area contributed by atoms with Crippen LogP contribution in [0.15, 0.2) is 12.3 Å². The van der Waals surface area contributed by atoms with Crippen molar-refractivity contribution in [2.24, 2.45) is 5.84 Å². The number of hydrazine groups is 1. The van der Waals surface area contributed by atoms with Gasteiger partial charge >= 0.3 is 0 Å². The molecule has 0 aliphatic heterocycles. The molecule has 1 aromatic heterocycles. The fourth-order valence-corrected chi connectivity index (χ4v) is 1.16. The standard InChI is InChI=1S/C9H12N4/c1-2-3-8-4-7(5-10)6-12-9(8)13-11/h4,6H,2-3,11H2,1H3,(H,12,13). The highest BCUT2D eigenvalue weighted by Gasteiger charge is 2.02. The first kappa shape index (κ1) is 9.49. The molecule has 0 atom stereocenters. The van der Waals surface area contributed by atoms with E-state index in [0.29, 0.717) is 11.4 Å². The fourth-order valence-electron chi connectivity index (χ4n) is 1.16. The number of nitrogens with one attached hydrogen (secondary N) is 1. The van der Waals surface area contributed by atoms with Crippen molar-refractivity contribution in [2.75, 3.05) is 5.43 Å². The third-order valence-electron chi connectivity index (χ3n) is 1.75. The predicted octanol–water partition coefficient (Wildman–Crippen LogP) is 1.19. The lowest BCUT2D eigenvalue weighted by Crippen LogP contribution is -2.11. The summed E-state index contributed by atoms with van der Waals surface area (Å²) in [6, 6.07) is 3.86. The summed E-state index contributed by atoms with van der Waals surface area (Å²) < 4.78 is 0. The Labute approximate surface area is 77.4 Å². The Hall–Kier alpha value is -1.60. The highest BCUT2D eigenvalue weighted by molar-refractivity contribution is 5.46. The molecule has 0 saturated heterocycles. The molecule has 1 aromatic rings. The molecule has 0 saturated carbocycles. The summed E-state index contributed by atoms with van der Waals surface area (Å²) in [7, 11) is 0. The van der Waals surface area contributed by atoms with Gasteiger partial charge in [0, 0.05) is 6.20 Å². The maximum Gasteiger partial charge on any atom is 0.143 e. The highest BCUT2D eigenvalue weighted by Crippen LogP contribution is 2.14. The van der Waals surface area contributed by atoms with Crippen LogP contribution in [0.1, 0.15) is 24.5 Å². The van der Waals surface area contributed by atoms with Crippen LogP contribution < -0.4 is 11.3 Å². The highest BCUT2D eigenvalue weighted by atomic mass is 15.2. The van der Waals surface area contributed by atoms with E-state index < -0.39 is 0 Å². The normalized spacial score (nSPS) is 9.31. The van der Waals surface area contributed by atoms with Gasteiger partial charge in [0.25, 0.3) is 0 Å². The van der Waals surface area contributed by atoms with E-state index in [4.69, 9.17) is 11.1 Å². The van der Waals surface area contributed by atoms with Crippen LogP contribution in [-0.2, 0) is 6.42 Å². The van der Waals surface area contributed by atoms with Gasteiger partial charge in [0.1, 0.15) is 11.9 Å². The molecule has 0 bridgehead atoms. The van der Waals surface area contributed by atoms with E-state index in [-0.39, 0.29) is 0 Å². The second-order valence-electron chi connectivity index (χ2n) is 2.74. The summed E-state index contributed by atoms with van der Waals surface area (Å²) in [4.78, 5) is 4.03. The number of rotatable bonds is 3. The lowest BCUT2D eigenvalue weighted by molar-refractivity contribution is 0.912. The summed E-state index contributed by atoms with van der Waals surface area (Å²) in [6.07, 6.45) is 3.39. The molecule has 0 spiro atoms. The molecule has 0 aliphatic rings. The van der Waals surface area contributed by atoms with Gasteiger partial charge in [0.05, 0.1) is 5.56 Å². The molecular formula is C9H12N4. The molecule has 1 heterocycles. The first-order chi connectivity index (χ1) is 6.31. The van der Waals surface area contributed by atoms with E-state index >= 15 is 0 Å². The number of nitriles is 1. The number of nitrogens with two attached hydrogens (primary N) is 1. The van der Waals surface area contributed by atoms with Crippen LogP contribution in [0.4, 0.5) is 5.82 Å². The van der Waals surface area contributed by atoms with Crippen LogP contribution in [0.3, 0.4) is 0 Å². The van der Waals surface area contributed by atoms with Crippen molar-refractivity contribution in [3.05, 3.63) is 23.4 Å². The number of hydrogen-bond donors (Lipinski definition) is 2. The maximum absolute atomic E-state index is 8.65. The average Bonchev–Trinajstić information content (AvgIpc) is 2.18. The number of nitrogen functional groups attached to an aromatic ring is 1. The zero-order chi connectivity index (χ0) is 9.68. The topological polar surface area (TPSA) is 74.7 Å². The summed E-state index contributed by atoms with van der Waals surface area (Å²) in [6.45, 7) is 2.07. The van der Waals surface area contributed by atoms with Crippen molar-refractivity contribution in [2.45, 2.75) is 19.8 Å². The van der Waals surface area contributed by atoms with Crippen LogP contribution in [0, 0.1) is 11.3 Å². The van der Waals surface area contributed by atoms with Gasteiger partial charge in [0.2, 0.25) is 0 Å². The van der Waals surface area contributed by atoms with Crippen LogP contribution in [0.5, 0.6) is 0 Å². The van der Waals surface area contributed by atoms with E-state index in [1.54, 1.807) is 0 Å². The van der Waals surface area contributed by atoms with E-state index in [0.717, 1.165) is 18.4 Å². The second kappa shape index (κ2) is 4.43. The molecule has 0 radical (unpaired) electrons. The van der Waals surface area contributed by atoms with Crippen molar-refractivity contribution in [3.63, 3.8) is 0 Å². The molecular weight excluding hydrogens is 164 g/mol. The number of anilines is 1. The molecule has 13 heavy (non-hydrogen) atoms. The van der Waals surface area contributed by atoms with Crippen molar-refractivity contribution < 1.29 is 0 Å². The van der Waals surface area contributed by atoms with Gasteiger partial charge in [-0.05, 0) is 18.1 Å². The zero-order valence-electron chi connectivity index (χ0n) is 7.54. The van der Waals surface area contributed by atoms with Gasteiger partial charge in [-0.15, -0.1) is 0 Å². The molecule has 0 aliphatic carbocycles. The quantitative estimate of drug-likeness (QED) is 0.536. The minimum Gasteiger partial charge on any atom is -0.308 e. The van der Waals surface area contributed by atoms with Crippen molar-refractivity contribution >= 4 is 5.82 Å². The number of hydrogen-bond acceptors (Lipinski definition) is 4. The van der Waals surface area contributed by atoms with E-state index in [2.05, 4.69) is 17.3 Å². The monoisotopic (exact) mass is 176 g/mol. The molecule has 0 amide bonds. The molecule has 0 aromatic carbocycles. The molecule has 4 nitrogen and oxygen atoms in total. The second-order valence-corrected chi connectivity index (χ2v) is 2.74. The largest absolute Gasteiger partial charge is 0.308 e. The Kier molecular flexibility index (Phi) is 3.23. The Morgan fingerprint density at radius 2 is 2.46 bits per heavy atom. The molecule has 4 heteroatoms. The summed E-state index contributed by atoms with van der Waals surface area (Å²) in [5, 5.41) is 8.65. The Balaban J connectivity index is 3.04.